The molecule has 5 heteroatoms. The summed E-state index contributed by atoms with van der Waals surface area (Å²) in [6.45, 7) is 4.14. The third-order valence-electron chi connectivity index (χ3n) is 2.63. The van der Waals surface area contributed by atoms with Crippen molar-refractivity contribution in [2.24, 2.45) is 5.41 Å². The molecule has 0 atom stereocenters. The van der Waals surface area contributed by atoms with Crippen LogP contribution < -0.4 is 5.32 Å². The molecule has 0 fully saturated rings. The molecule has 3 nitrogen and oxygen atoms in total. The first-order valence-electron chi connectivity index (χ1n) is 5.07. The summed E-state index contributed by atoms with van der Waals surface area (Å²) in [5, 5.41) is 2.89. The molecule has 0 spiro atoms. The number of sulfone groups is 1. The molecule has 1 aromatic carbocycles. The zero-order valence-corrected chi connectivity index (χ0v) is 10.1. The maximum absolute atomic E-state index is 13.5. The van der Waals surface area contributed by atoms with Gasteiger partial charge >= 0.3 is 0 Å². The first-order chi connectivity index (χ1) is 7.32. The van der Waals surface area contributed by atoms with Gasteiger partial charge in [-0.15, -0.1) is 0 Å². The number of rotatable bonds is 0. The minimum absolute atomic E-state index is 0.0312. The highest BCUT2D eigenvalue weighted by molar-refractivity contribution is 7.91. The van der Waals surface area contributed by atoms with Gasteiger partial charge in [-0.2, -0.15) is 0 Å². The number of benzene rings is 1. The van der Waals surface area contributed by atoms with E-state index in [1.54, 1.807) is 0 Å². The van der Waals surface area contributed by atoms with Crippen molar-refractivity contribution in [3.63, 3.8) is 0 Å². The van der Waals surface area contributed by atoms with Gasteiger partial charge in [0.1, 0.15) is 5.82 Å². The van der Waals surface area contributed by atoms with Crippen molar-refractivity contribution in [3.05, 3.63) is 24.0 Å². The van der Waals surface area contributed by atoms with Crippen LogP contribution in [0.3, 0.4) is 0 Å². The summed E-state index contributed by atoms with van der Waals surface area (Å²) in [5.74, 6) is -0.484. The van der Waals surface area contributed by atoms with E-state index in [9.17, 15) is 12.8 Å². The standard InChI is InChI=1S/C11H14FNO2S/c1-11(2)6-13-10-8(12)4-3-5-9(10)16(14,15)7-11/h3-5,13H,6-7H2,1-2H3. The summed E-state index contributed by atoms with van der Waals surface area (Å²) >= 11 is 0. The number of halogens is 1. The highest BCUT2D eigenvalue weighted by Gasteiger charge is 2.33. The third-order valence-corrected chi connectivity index (χ3v) is 4.81. The Morgan fingerprint density at radius 3 is 2.75 bits per heavy atom. The van der Waals surface area contributed by atoms with Crippen molar-refractivity contribution in [1.82, 2.24) is 0 Å². The zero-order valence-electron chi connectivity index (χ0n) is 9.25. The minimum Gasteiger partial charge on any atom is -0.381 e. The predicted octanol–water partition coefficient (Wildman–Crippen LogP) is 2.05. The van der Waals surface area contributed by atoms with Gasteiger partial charge in [-0.25, -0.2) is 12.8 Å². The van der Waals surface area contributed by atoms with Crippen LogP contribution in [0.25, 0.3) is 0 Å². The molecule has 0 aromatic heterocycles. The molecule has 16 heavy (non-hydrogen) atoms. The normalized spacial score (nSPS) is 21.7. The van der Waals surface area contributed by atoms with E-state index in [-0.39, 0.29) is 16.3 Å². The molecule has 0 bridgehead atoms. The highest BCUT2D eigenvalue weighted by atomic mass is 32.2. The lowest BCUT2D eigenvalue weighted by Gasteiger charge is -2.20. The van der Waals surface area contributed by atoms with Crippen LogP contribution in [-0.4, -0.2) is 20.7 Å². The molecule has 0 saturated heterocycles. The molecule has 1 aromatic rings. The average molecular weight is 243 g/mol. The smallest absolute Gasteiger partial charge is 0.181 e. The average Bonchev–Trinajstić information content (AvgIpc) is 2.22. The van der Waals surface area contributed by atoms with Crippen molar-refractivity contribution >= 4 is 15.5 Å². The molecular weight excluding hydrogens is 229 g/mol. The predicted molar refractivity (Wildman–Crippen MR) is 60.7 cm³/mol. The van der Waals surface area contributed by atoms with Gasteiger partial charge in [-0.05, 0) is 17.5 Å². The molecule has 1 N–H and O–H groups in total. The Balaban J connectivity index is 2.64. The molecule has 1 heterocycles. The lowest BCUT2D eigenvalue weighted by molar-refractivity contribution is 0.442. The zero-order chi connectivity index (χ0) is 12.0. The molecule has 0 saturated carbocycles. The molecule has 1 aliphatic heterocycles. The Morgan fingerprint density at radius 2 is 2.06 bits per heavy atom. The van der Waals surface area contributed by atoms with Gasteiger partial charge in [-0.3, -0.25) is 0 Å². The van der Waals surface area contributed by atoms with Crippen molar-refractivity contribution in [1.29, 1.82) is 0 Å². The second-order valence-corrected chi connectivity index (χ2v) is 6.85. The first kappa shape index (κ1) is 11.4. The van der Waals surface area contributed by atoms with Gasteiger partial charge in [-0.1, -0.05) is 19.9 Å². The minimum atomic E-state index is -3.41. The van der Waals surface area contributed by atoms with E-state index in [2.05, 4.69) is 5.32 Å². The molecule has 1 aliphatic rings. The fourth-order valence-corrected chi connectivity index (χ4v) is 3.96. The second kappa shape index (κ2) is 3.45. The summed E-state index contributed by atoms with van der Waals surface area (Å²) in [6, 6.07) is 4.13. The number of hydrogen-bond donors (Lipinski definition) is 1. The fourth-order valence-electron chi connectivity index (χ4n) is 1.91. The summed E-state index contributed by atoms with van der Waals surface area (Å²) in [7, 11) is -3.41. The van der Waals surface area contributed by atoms with Crippen molar-refractivity contribution in [3.8, 4) is 0 Å². The van der Waals surface area contributed by atoms with Crippen molar-refractivity contribution in [2.45, 2.75) is 18.7 Å². The Hall–Kier alpha value is -1.10. The van der Waals surface area contributed by atoms with E-state index in [1.807, 2.05) is 13.8 Å². The molecule has 2 rings (SSSR count). The third kappa shape index (κ3) is 1.91. The maximum Gasteiger partial charge on any atom is 0.181 e. The Labute approximate surface area is 94.6 Å². The SMILES string of the molecule is CC1(C)CNc2c(F)cccc2S(=O)(=O)C1. The van der Waals surface area contributed by atoms with E-state index in [4.69, 9.17) is 0 Å². The summed E-state index contributed by atoms with van der Waals surface area (Å²) in [4.78, 5) is 0.0677. The van der Waals surface area contributed by atoms with Gasteiger partial charge in [0.05, 0.1) is 16.3 Å². The van der Waals surface area contributed by atoms with Crippen LogP contribution in [0.15, 0.2) is 23.1 Å². The fraction of sp³-hybridized carbons (Fsp3) is 0.455. The Bertz CT molecular complexity index is 523. The van der Waals surface area contributed by atoms with Gasteiger partial charge in [0, 0.05) is 6.54 Å². The van der Waals surface area contributed by atoms with Crippen LogP contribution in [0.2, 0.25) is 0 Å². The number of anilines is 1. The number of para-hydroxylation sites is 1. The molecule has 0 amide bonds. The molecule has 88 valence electrons. The van der Waals surface area contributed by atoms with Crippen LogP contribution in [0.5, 0.6) is 0 Å². The number of hydrogen-bond acceptors (Lipinski definition) is 3. The lowest BCUT2D eigenvalue weighted by atomic mass is 9.96. The monoisotopic (exact) mass is 243 g/mol. The quantitative estimate of drug-likeness (QED) is 0.758. The van der Waals surface area contributed by atoms with E-state index in [0.29, 0.717) is 6.54 Å². The van der Waals surface area contributed by atoms with Crippen LogP contribution in [0.1, 0.15) is 13.8 Å². The molecule has 0 aliphatic carbocycles. The number of fused-ring (bicyclic) bond motifs is 1. The molecule has 0 radical (unpaired) electrons. The summed E-state index contributed by atoms with van der Waals surface area (Å²) in [5.41, 5.74) is -0.294. The van der Waals surface area contributed by atoms with E-state index in [1.165, 1.54) is 18.2 Å². The van der Waals surface area contributed by atoms with Crippen molar-refractivity contribution < 1.29 is 12.8 Å². The number of nitrogens with one attached hydrogen (secondary N) is 1. The maximum atomic E-state index is 13.5. The van der Waals surface area contributed by atoms with Gasteiger partial charge < -0.3 is 5.32 Å². The molecule has 0 unspecified atom stereocenters. The van der Waals surface area contributed by atoms with Crippen LogP contribution in [0.4, 0.5) is 10.1 Å². The summed E-state index contributed by atoms with van der Waals surface area (Å²) < 4.78 is 37.6. The highest BCUT2D eigenvalue weighted by Crippen LogP contribution is 2.33. The largest absolute Gasteiger partial charge is 0.381 e. The Kier molecular flexibility index (Phi) is 2.45. The lowest BCUT2D eigenvalue weighted by Crippen LogP contribution is -2.28. The second-order valence-electron chi connectivity index (χ2n) is 4.89. The van der Waals surface area contributed by atoms with Crippen LogP contribution in [-0.2, 0) is 9.84 Å². The van der Waals surface area contributed by atoms with Gasteiger partial charge in [0.25, 0.3) is 0 Å². The van der Waals surface area contributed by atoms with Gasteiger partial charge in [0.2, 0.25) is 0 Å². The summed E-state index contributed by atoms with van der Waals surface area (Å²) in [6.07, 6.45) is 0. The van der Waals surface area contributed by atoms with Gasteiger partial charge in [0.15, 0.2) is 9.84 Å². The van der Waals surface area contributed by atoms with Crippen LogP contribution >= 0.6 is 0 Å². The topological polar surface area (TPSA) is 46.2 Å². The van der Waals surface area contributed by atoms with E-state index < -0.39 is 21.1 Å². The van der Waals surface area contributed by atoms with Crippen LogP contribution in [0, 0.1) is 11.2 Å². The van der Waals surface area contributed by atoms with E-state index >= 15 is 0 Å². The first-order valence-corrected chi connectivity index (χ1v) is 6.72. The van der Waals surface area contributed by atoms with E-state index in [0.717, 1.165) is 0 Å². The Morgan fingerprint density at radius 1 is 1.38 bits per heavy atom. The molecular formula is C11H14FNO2S. The van der Waals surface area contributed by atoms with Crippen molar-refractivity contribution in [2.75, 3.05) is 17.6 Å².